The molecule has 0 fully saturated rings. The third-order valence-electron chi connectivity index (χ3n) is 1.87. The summed E-state index contributed by atoms with van der Waals surface area (Å²) in [4.78, 5) is 0. The average molecular weight is 231 g/mol. The Kier molecular flexibility index (Phi) is 2.61. The van der Waals surface area contributed by atoms with Crippen LogP contribution in [0.1, 0.15) is 6.92 Å². The third kappa shape index (κ3) is 1.57. The van der Waals surface area contributed by atoms with Crippen LogP contribution in [0.5, 0.6) is 5.75 Å². The van der Waals surface area contributed by atoms with Gasteiger partial charge in [-0.15, -0.1) is 11.3 Å². The third-order valence-corrected chi connectivity index (χ3v) is 3.28. The molecule has 0 saturated carbocycles. The van der Waals surface area contributed by atoms with Crippen molar-refractivity contribution >= 4 is 33.0 Å². The van der Waals surface area contributed by atoms with Crippen LogP contribution in [0.3, 0.4) is 0 Å². The van der Waals surface area contributed by atoms with Crippen molar-refractivity contribution in [3.8, 4) is 5.75 Å². The number of hydrogen-bond donors (Lipinski definition) is 0. The van der Waals surface area contributed by atoms with Crippen molar-refractivity contribution in [2.45, 2.75) is 6.92 Å². The van der Waals surface area contributed by atoms with E-state index in [1.165, 1.54) is 16.7 Å². The Balaban J connectivity index is 2.63. The van der Waals surface area contributed by atoms with Gasteiger partial charge in [0, 0.05) is 16.8 Å². The Morgan fingerprint density at radius 3 is 3.00 bits per heavy atom. The topological polar surface area (TPSA) is 9.23 Å². The van der Waals surface area contributed by atoms with Crippen LogP contribution >= 0.6 is 22.9 Å². The van der Waals surface area contributed by atoms with E-state index in [-0.39, 0.29) is 5.82 Å². The van der Waals surface area contributed by atoms with E-state index in [2.05, 4.69) is 0 Å². The molecule has 4 heteroatoms. The first-order valence-corrected chi connectivity index (χ1v) is 5.47. The lowest BCUT2D eigenvalue weighted by Gasteiger charge is -2.03. The monoisotopic (exact) mass is 230 g/mol. The fourth-order valence-corrected chi connectivity index (χ4v) is 2.44. The van der Waals surface area contributed by atoms with Crippen LogP contribution in [0.25, 0.3) is 10.1 Å². The molecule has 0 aliphatic heterocycles. The molecule has 1 aromatic heterocycles. The van der Waals surface area contributed by atoms with Crippen LogP contribution in [-0.2, 0) is 0 Å². The van der Waals surface area contributed by atoms with Gasteiger partial charge in [0.1, 0.15) is 11.6 Å². The quantitative estimate of drug-likeness (QED) is 0.755. The Morgan fingerprint density at radius 1 is 1.50 bits per heavy atom. The zero-order chi connectivity index (χ0) is 10.1. The largest absolute Gasteiger partial charge is 0.494 e. The molecule has 0 aliphatic rings. The predicted molar refractivity (Wildman–Crippen MR) is 58.0 cm³/mol. The average Bonchev–Trinajstić information content (AvgIpc) is 2.49. The zero-order valence-electron chi connectivity index (χ0n) is 7.51. The maximum atomic E-state index is 13.2. The highest BCUT2D eigenvalue weighted by atomic mass is 35.5. The van der Waals surface area contributed by atoms with Crippen LogP contribution in [0.4, 0.5) is 4.39 Å². The van der Waals surface area contributed by atoms with Gasteiger partial charge in [0.05, 0.1) is 16.3 Å². The Morgan fingerprint density at radius 2 is 2.29 bits per heavy atom. The van der Waals surface area contributed by atoms with Crippen molar-refractivity contribution in [1.82, 2.24) is 0 Å². The van der Waals surface area contributed by atoms with Crippen molar-refractivity contribution in [2.75, 3.05) is 6.61 Å². The molecule has 2 aromatic rings. The molecular weight excluding hydrogens is 223 g/mol. The molecule has 1 aromatic carbocycles. The van der Waals surface area contributed by atoms with Crippen molar-refractivity contribution in [3.63, 3.8) is 0 Å². The number of thiophene rings is 1. The number of fused-ring (bicyclic) bond motifs is 1. The lowest BCUT2D eigenvalue weighted by atomic mass is 10.2. The summed E-state index contributed by atoms with van der Waals surface area (Å²) in [5.74, 6) is 0.371. The standard InChI is InChI=1S/C10H8ClFOS/c1-2-13-6-3-7-9(12)5-14-10(7)8(11)4-6/h3-5H,2H2,1H3. The first kappa shape index (κ1) is 9.74. The molecule has 0 aliphatic carbocycles. The molecule has 0 spiro atoms. The van der Waals surface area contributed by atoms with Crippen molar-refractivity contribution in [2.24, 2.45) is 0 Å². The van der Waals surface area contributed by atoms with Gasteiger partial charge >= 0.3 is 0 Å². The maximum Gasteiger partial charge on any atom is 0.141 e. The van der Waals surface area contributed by atoms with Gasteiger partial charge in [-0.2, -0.15) is 0 Å². The summed E-state index contributed by atoms with van der Waals surface area (Å²) in [7, 11) is 0. The summed E-state index contributed by atoms with van der Waals surface area (Å²) >= 11 is 7.28. The van der Waals surface area contributed by atoms with E-state index in [1.54, 1.807) is 12.1 Å². The molecule has 1 nitrogen and oxygen atoms in total. The number of halogens is 2. The van der Waals surface area contributed by atoms with Crippen LogP contribution < -0.4 is 4.74 Å². The first-order chi connectivity index (χ1) is 6.72. The van der Waals surface area contributed by atoms with Crippen LogP contribution in [-0.4, -0.2) is 6.61 Å². The summed E-state index contributed by atoms with van der Waals surface area (Å²) in [5, 5.41) is 2.53. The maximum absolute atomic E-state index is 13.2. The SMILES string of the molecule is CCOc1cc(Cl)c2scc(F)c2c1. The molecule has 0 unspecified atom stereocenters. The van der Waals surface area contributed by atoms with Crippen molar-refractivity contribution < 1.29 is 9.13 Å². The predicted octanol–water partition coefficient (Wildman–Crippen LogP) is 4.09. The minimum Gasteiger partial charge on any atom is -0.494 e. The van der Waals surface area contributed by atoms with Crippen LogP contribution in [0, 0.1) is 5.82 Å². The van der Waals surface area contributed by atoms with E-state index >= 15 is 0 Å². The van der Waals surface area contributed by atoms with Gasteiger partial charge < -0.3 is 4.74 Å². The molecule has 0 N–H and O–H groups in total. The van der Waals surface area contributed by atoms with Gasteiger partial charge in [0.15, 0.2) is 0 Å². The highest BCUT2D eigenvalue weighted by Gasteiger charge is 2.09. The van der Waals surface area contributed by atoms with Crippen LogP contribution in [0.2, 0.25) is 5.02 Å². The second-order valence-corrected chi connectivity index (χ2v) is 4.09. The summed E-state index contributed by atoms with van der Waals surface area (Å²) in [6.07, 6.45) is 0. The molecule has 14 heavy (non-hydrogen) atoms. The lowest BCUT2D eigenvalue weighted by molar-refractivity contribution is 0.340. The molecular formula is C10H8ClFOS. The highest BCUT2D eigenvalue weighted by molar-refractivity contribution is 7.17. The van der Waals surface area contributed by atoms with E-state index in [9.17, 15) is 4.39 Å². The van der Waals surface area contributed by atoms with Crippen molar-refractivity contribution in [3.05, 3.63) is 28.4 Å². The van der Waals surface area contributed by atoms with E-state index < -0.39 is 0 Å². The second kappa shape index (κ2) is 3.75. The summed E-state index contributed by atoms with van der Waals surface area (Å²) in [6, 6.07) is 3.39. The van der Waals surface area contributed by atoms with E-state index in [0.29, 0.717) is 22.8 Å². The van der Waals surface area contributed by atoms with Gasteiger partial charge in [-0.3, -0.25) is 0 Å². The van der Waals surface area contributed by atoms with Gasteiger partial charge in [0.2, 0.25) is 0 Å². The fourth-order valence-electron chi connectivity index (χ4n) is 1.29. The van der Waals surface area contributed by atoms with Crippen molar-refractivity contribution in [1.29, 1.82) is 0 Å². The molecule has 74 valence electrons. The minimum atomic E-state index is -0.242. The normalized spacial score (nSPS) is 10.8. The fraction of sp³-hybridized carbons (Fsp3) is 0.200. The molecule has 1 heterocycles. The Bertz CT molecular complexity index is 466. The molecule has 0 radical (unpaired) electrons. The summed E-state index contributed by atoms with van der Waals surface area (Å²) in [5.41, 5.74) is 0. The van der Waals surface area contributed by atoms with E-state index in [1.807, 2.05) is 6.92 Å². The van der Waals surface area contributed by atoms with E-state index in [4.69, 9.17) is 16.3 Å². The van der Waals surface area contributed by atoms with Gasteiger partial charge in [0.25, 0.3) is 0 Å². The Labute approximate surface area is 90.1 Å². The lowest BCUT2D eigenvalue weighted by Crippen LogP contribution is -1.90. The zero-order valence-corrected chi connectivity index (χ0v) is 9.08. The minimum absolute atomic E-state index is 0.242. The number of ether oxygens (including phenoxy) is 1. The molecule has 0 saturated heterocycles. The molecule has 2 rings (SSSR count). The summed E-state index contributed by atoms with van der Waals surface area (Å²) < 4.78 is 19.3. The molecule has 0 amide bonds. The Hall–Kier alpha value is -0.800. The number of hydrogen-bond acceptors (Lipinski definition) is 2. The van der Waals surface area contributed by atoms with Gasteiger partial charge in [-0.25, -0.2) is 4.39 Å². The smallest absolute Gasteiger partial charge is 0.141 e. The highest BCUT2D eigenvalue weighted by Crippen LogP contribution is 2.34. The van der Waals surface area contributed by atoms with Crippen LogP contribution in [0.15, 0.2) is 17.5 Å². The van der Waals surface area contributed by atoms with Gasteiger partial charge in [-0.1, -0.05) is 11.6 Å². The second-order valence-electron chi connectivity index (χ2n) is 2.80. The van der Waals surface area contributed by atoms with Gasteiger partial charge in [-0.05, 0) is 13.0 Å². The number of rotatable bonds is 2. The molecule has 0 atom stereocenters. The molecule has 0 bridgehead atoms. The van der Waals surface area contributed by atoms with E-state index in [0.717, 1.165) is 4.70 Å². The summed E-state index contributed by atoms with van der Waals surface area (Å²) in [6.45, 7) is 2.43. The first-order valence-electron chi connectivity index (χ1n) is 4.21. The number of benzene rings is 1.